The van der Waals surface area contributed by atoms with E-state index >= 15 is 0 Å². The fraction of sp³-hybridized carbons (Fsp3) is 0.923. The molecule has 2 atom stereocenters. The summed E-state index contributed by atoms with van der Waals surface area (Å²) in [5.74, 6) is 0.870. The Kier molecular flexibility index (Phi) is 5.00. The quantitative estimate of drug-likeness (QED) is 0.761. The molecule has 0 aromatic carbocycles. The van der Waals surface area contributed by atoms with Crippen molar-refractivity contribution in [2.45, 2.75) is 51.9 Å². The third-order valence-electron chi connectivity index (χ3n) is 3.93. The fourth-order valence-corrected chi connectivity index (χ4v) is 3.56. The van der Waals surface area contributed by atoms with Gasteiger partial charge in [-0.1, -0.05) is 26.2 Å². The maximum Gasteiger partial charge on any atom is 0.147 e. The van der Waals surface area contributed by atoms with Crippen LogP contribution in [0.3, 0.4) is 0 Å². The van der Waals surface area contributed by atoms with E-state index in [1.807, 2.05) is 0 Å². The van der Waals surface area contributed by atoms with Gasteiger partial charge in [-0.15, -0.1) is 0 Å². The van der Waals surface area contributed by atoms with Gasteiger partial charge in [-0.25, -0.2) is 8.42 Å². The van der Waals surface area contributed by atoms with Gasteiger partial charge in [0.05, 0.1) is 11.5 Å². The molecule has 98 valence electrons. The zero-order chi connectivity index (χ0) is 12.9. The molecule has 17 heavy (non-hydrogen) atoms. The predicted octanol–water partition coefficient (Wildman–Crippen LogP) is 2.92. The Morgan fingerprint density at radius 3 is 2.71 bits per heavy atom. The summed E-state index contributed by atoms with van der Waals surface area (Å²) in [7, 11) is -2.89. The van der Waals surface area contributed by atoms with Gasteiger partial charge >= 0.3 is 0 Å². The van der Waals surface area contributed by atoms with Crippen LogP contribution in [-0.2, 0) is 9.84 Å². The molecule has 0 aromatic rings. The van der Waals surface area contributed by atoms with Crippen molar-refractivity contribution in [1.29, 1.82) is 5.26 Å². The van der Waals surface area contributed by atoms with E-state index in [4.69, 9.17) is 0 Å². The fourth-order valence-electron chi connectivity index (χ4n) is 2.89. The standard InChI is InChI=1S/C13H23NO2S/c1-3-12-6-4-7-13(10-12,11-14)8-5-9-17(2,15)16/h12H,3-10H2,1-2H3. The largest absolute Gasteiger partial charge is 0.229 e. The van der Waals surface area contributed by atoms with Crippen molar-refractivity contribution in [2.24, 2.45) is 11.3 Å². The zero-order valence-electron chi connectivity index (χ0n) is 10.9. The van der Waals surface area contributed by atoms with Crippen molar-refractivity contribution in [2.75, 3.05) is 12.0 Å². The van der Waals surface area contributed by atoms with Gasteiger partial charge < -0.3 is 0 Å². The summed E-state index contributed by atoms with van der Waals surface area (Å²) in [5.41, 5.74) is -0.246. The van der Waals surface area contributed by atoms with Gasteiger partial charge in [-0.2, -0.15) is 5.26 Å². The molecule has 2 unspecified atom stereocenters. The molecule has 3 nitrogen and oxygen atoms in total. The summed E-state index contributed by atoms with van der Waals surface area (Å²) < 4.78 is 22.2. The molecule has 0 amide bonds. The number of hydrogen-bond acceptors (Lipinski definition) is 3. The van der Waals surface area contributed by atoms with Crippen molar-refractivity contribution in [3.63, 3.8) is 0 Å². The van der Waals surface area contributed by atoms with Gasteiger partial charge in [0.25, 0.3) is 0 Å². The number of nitriles is 1. The highest BCUT2D eigenvalue weighted by atomic mass is 32.2. The molecule has 0 bridgehead atoms. The second-order valence-electron chi connectivity index (χ2n) is 5.50. The first kappa shape index (κ1) is 14.5. The van der Waals surface area contributed by atoms with Gasteiger partial charge in [0.1, 0.15) is 9.84 Å². The van der Waals surface area contributed by atoms with Gasteiger partial charge in [0.2, 0.25) is 0 Å². The average molecular weight is 257 g/mol. The molecule has 1 fully saturated rings. The summed E-state index contributed by atoms with van der Waals surface area (Å²) in [5, 5.41) is 9.38. The average Bonchev–Trinajstić information content (AvgIpc) is 2.27. The highest BCUT2D eigenvalue weighted by Crippen LogP contribution is 2.43. The normalized spacial score (nSPS) is 29.8. The zero-order valence-corrected chi connectivity index (χ0v) is 11.7. The Labute approximate surface area is 105 Å². The molecular weight excluding hydrogens is 234 g/mol. The van der Waals surface area contributed by atoms with Crippen molar-refractivity contribution in [1.82, 2.24) is 0 Å². The molecule has 4 heteroatoms. The number of sulfone groups is 1. The summed E-state index contributed by atoms with van der Waals surface area (Å²) in [6.45, 7) is 2.18. The van der Waals surface area contributed by atoms with Crippen molar-refractivity contribution >= 4 is 9.84 Å². The van der Waals surface area contributed by atoms with Gasteiger partial charge in [-0.3, -0.25) is 0 Å². The predicted molar refractivity (Wildman–Crippen MR) is 69.2 cm³/mol. The smallest absolute Gasteiger partial charge is 0.147 e. The van der Waals surface area contributed by atoms with E-state index in [0.29, 0.717) is 12.3 Å². The van der Waals surface area contributed by atoms with Crippen LogP contribution < -0.4 is 0 Å². The van der Waals surface area contributed by atoms with Crippen LogP contribution >= 0.6 is 0 Å². The highest BCUT2D eigenvalue weighted by molar-refractivity contribution is 7.90. The SMILES string of the molecule is CCC1CCCC(C#N)(CCCS(C)(=O)=O)C1. The van der Waals surface area contributed by atoms with Crippen LogP contribution in [0.2, 0.25) is 0 Å². The van der Waals surface area contributed by atoms with E-state index in [2.05, 4.69) is 13.0 Å². The second-order valence-corrected chi connectivity index (χ2v) is 7.76. The van der Waals surface area contributed by atoms with E-state index in [1.54, 1.807) is 0 Å². The Morgan fingerprint density at radius 1 is 1.47 bits per heavy atom. The third-order valence-corrected chi connectivity index (χ3v) is 4.96. The van der Waals surface area contributed by atoms with E-state index in [-0.39, 0.29) is 11.2 Å². The number of hydrogen-bond donors (Lipinski definition) is 0. The highest BCUT2D eigenvalue weighted by Gasteiger charge is 2.35. The lowest BCUT2D eigenvalue weighted by atomic mass is 9.67. The maximum absolute atomic E-state index is 11.1. The minimum Gasteiger partial charge on any atom is -0.229 e. The summed E-state index contributed by atoms with van der Waals surface area (Å²) in [4.78, 5) is 0. The Balaban J connectivity index is 2.54. The lowest BCUT2D eigenvalue weighted by Gasteiger charge is -2.35. The molecule has 1 rings (SSSR count). The first-order valence-electron chi connectivity index (χ1n) is 6.50. The van der Waals surface area contributed by atoms with Gasteiger partial charge in [0, 0.05) is 12.0 Å². The molecule has 1 saturated carbocycles. The van der Waals surface area contributed by atoms with Crippen LogP contribution in [-0.4, -0.2) is 20.4 Å². The first-order chi connectivity index (χ1) is 7.91. The van der Waals surface area contributed by atoms with Crippen LogP contribution in [0.15, 0.2) is 0 Å². The Hall–Kier alpha value is -0.560. The first-order valence-corrected chi connectivity index (χ1v) is 8.56. The summed E-state index contributed by atoms with van der Waals surface area (Å²) in [6, 6.07) is 2.47. The van der Waals surface area contributed by atoms with Crippen LogP contribution in [0.4, 0.5) is 0 Å². The van der Waals surface area contributed by atoms with Crippen molar-refractivity contribution in [3.8, 4) is 6.07 Å². The molecular formula is C13H23NO2S. The van der Waals surface area contributed by atoms with E-state index in [1.165, 1.54) is 12.7 Å². The van der Waals surface area contributed by atoms with Crippen LogP contribution in [0.1, 0.15) is 51.9 Å². The number of nitrogens with zero attached hydrogens (tertiary/aromatic N) is 1. The molecule has 0 heterocycles. The molecule has 0 saturated heterocycles. The Bertz CT molecular complexity index is 383. The molecule has 1 aliphatic rings. The van der Waals surface area contributed by atoms with E-state index in [9.17, 15) is 13.7 Å². The van der Waals surface area contributed by atoms with Crippen LogP contribution in [0.25, 0.3) is 0 Å². The monoisotopic (exact) mass is 257 g/mol. The van der Waals surface area contributed by atoms with Crippen LogP contribution in [0.5, 0.6) is 0 Å². The topological polar surface area (TPSA) is 57.9 Å². The lowest BCUT2D eigenvalue weighted by molar-refractivity contribution is 0.182. The minimum absolute atomic E-state index is 0.215. The van der Waals surface area contributed by atoms with Crippen molar-refractivity contribution < 1.29 is 8.42 Å². The number of rotatable bonds is 5. The summed E-state index contributed by atoms with van der Waals surface area (Å²) in [6.07, 6.45) is 8.03. The molecule has 0 aromatic heterocycles. The maximum atomic E-state index is 11.1. The lowest BCUT2D eigenvalue weighted by Crippen LogP contribution is -2.27. The molecule has 0 radical (unpaired) electrons. The molecule has 1 aliphatic carbocycles. The van der Waals surface area contributed by atoms with E-state index < -0.39 is 9.84 Å². The molecule has 0 spiro atoms. The van der Waals surface area contributed by atoms with Crippen LogP contribution in [0, 0.1) is 22.7 Å². The molecule has 0 N–H and O–H groups in total. The molecule has 0 aliphatic heterocycles. The van der Waals surface area contributed by atoms with Crippen molar-refractivity contribution in [3.05, 3.63) is 0 Å². The second kappa shape index (κ2) is 5.86. The van der Waals surface area contributed by atoms with Gasteiger partial charge in [0.15, 0.2) is 0 Å². The minimum atomic E-state index is -2.89. The summed E-state index contributed by atoms with van der Waals surface area (Å²) >= 11 is 0. The van der Waals surface area contributed by atoms with Gasteiger partial charge in [-0.05, 0) is 31.6 Å². The Morgan fingerprint density at radius 2 is 2.18 bits per heavy atom. The van der Waals surface area contributed by atoms with E-state index in [0.717, 1.165) is 32.1 Å². The third kappa shape index (κ3) is 4.67.